The molecule has 1 aliphatic carbocycles. The summed E-state index contributed by atoms with van der Waals surface area (Å²) in [6.07, 6.45) is -0.315. The fourth-order valence-corrected chi connectivity index (χ4v) is 3.70. The highest BCUT2D eigenvalue weighted by molar-refractivity contribution is 5.95. The van der Waals surface area contributed by atoms with Gasteiger partial charge in [-0.2, -0.15) is 0 Å². The zero-order valence-electron chi connectivity index (χ0n) is 14.3. The number of hydrogen-bond acceptors (Lipinski definition) is 5. The number of amides is 1. The molecule has 0 bridgehead atoms. The Morgan fingerprint density at radius 2 is 1.91 bits per heavy atom. The first-order chi connectivity index (χ1) is 10.1. The molecule has 4 atom stereocenters. The Balaban J connectivity index is 1.59. The minimum Gasteiger partial charge on any atom is -0.444 e. The predicted octanol–water partition coefficient (Wildman–Crippen LogP) is 2.28. The summed E-state index contributed by atoms with van der Waals surface area (Å²) in [5.41, 5.74) is 0.148. The summed E-state index contributed by atoms with van der Waals surface area (Å²) in [7, 11) is 1.70. The van der Waals surface area contributed by atoms with Crippen LogP contribution in [0.2, 0.25) is 0 Å². The molecule has 1 saturated heterocycles. The molecule has 124 valence electrons. The van der Waals surface area contributed by atoms with Crippen LogP contribution in [0.5, 0.6) is 0 Å². The van der Waals surface area contributed by atoms with Crippen molar-refractivity contribution in [2.75, 3.05) is 20.2 Å². The van der Waals surface area contributed by atoms with E-state index in [-0.39, 0.29) is 12.2 Å². The number of oxime groups is 1. The second-order valence-corrected chi connectivity index (χ2v) is 8.07. The highest BCUT2D eigenvalue weighted by atomic mass is 16.7. The van der Waals surface area contributed by atoms with Crippen LogP contribution in [0.4, 0.5) is 4.79 Å². The van der Waals surface area contributed by atoms with Crippen molar-refractivity contribution >= 4 is 11.8 Å². The van der Waals surface area contributed by atoms with Crippen molar-refractivity contribution in [2.45, 2.75) is 51.9 Å². The topological polar surface area (TPSA) is 60.4 Å². The first-order valence-corrected chi connectivity index (χ1v) is 7.91. The first-order valence-electron chi connectivity index (χ1n) is 7.91. The number of piperidine rings is 1. The van der Waals surface area contributed by atoms with E-state index in [1.165, 1.54) is 0 Å². The van der Waals surface area contributed by atoms with Gasteiger partial charge in [0, 0.05) is 26.1 Å². The van der Waals surface area contributed by atoms with Gasteiger partial charge in [0.1, 0.15) is 11.7 Å². The molecule has 6 nitrogen and oxygen atoms in total. The molecule has 0 spiro atoms. The maximum Gasteiger partial charge on any atom is 0.410 e. The van der Waals surface area contributed by atoms with Gasteiger partial charge in [0.15, 0.2) is 5.60 Å². The number of likely N-dealkylation sites (tertiary alicyclic amines) is 1. The summed E-state index contributed by atoms with van der Waals surface area (Å²) in [4.78, 5) is 19.4. The van der Waals surface area contributed by atoms with E-state index in [1.54, 1.807) is 12.0 Å². The number of nitrogens with zero attached hydrogens (tertiary/aromatic N) is 2. The van der Waals surface area contributed by atoms with E-state index in [0.29, 0.717) is 17.8 Å². The third-order valence-electron chi connectivity index (χ3n) is 4.71. The molecule has 2 aliphatic heterocycles. The van der Waals surface area contributed by atoms with Crippen LogP contribution in [0, 0.1) is 17.8 Å². The predicted molar refractivity (Wildman–Crippen MR) is 81.7 cm³/mol. The maximum atomic E-state index is 12.1. The number of fused-ring (bicyclic) bond motifs is 1. The molecular formula is C16H26N2O4. The average molecular weight is 310 g/mol. The van der Waals surface area contributed by atoms with Gasteiger partial charge in [-0.05, 0) is 46.5 Å². The summed E-state index contributed by atoms with van der Waals surface area (Å²) in [6, 6.07) is 0. The fraction of sp³-hybridized carbons (Fsp3) is 0.875. The Bertz CT molecular complexity index is 497. The van der Waals surface area contributed by atoms with Crippen LogP contribution in [-0.4, -0.2) is 54.2 Å². The van der Waals surface area contributed by atoms with Gasteiger partial charge in [-0.3, -0.25) is 0 Å². The van der Waals surface area contributed by atoms with Crippen molar-refractivity contribution in [1.29, 1.82) is 0 Å². The molecule has 1 saturated carbocycles. The SMILES string of the molecule is COC1C(C2[C@H]3CN(C(=O)OC(C)(C)C)C[C@@H]23)=NOC1(C)C. The van der Waals surface area contributed by atoms with Crippen LogP contribution >= 0.6 is 0 Å². The maximum absolute atomic E-state index is 12.1. The Labute approximate surface area is 131 Å². The molecule has 0 N–H and O–H groups in total. The summed E-state index contributed by atoms with van der Waals surface area (Å²) in [5.74, 6) is 1.30. The van der Waals surface area contributed by atoms with Gasteiger partial charge in [-0.15, -0.1) is 0 Å². The van der Waals surface area contributed by atoms with Gasteiger partial charge in [-0.25, -0.2) is 4.79 Å². The third-order valence-corrected chi connectivity index (χ3v) is 4.71. The molecule has 3 aliphatic rings. The molecule has 1 amide bonds. The Kier molecular flexibility index (Phi) is 3.43. The summed E-state index contributed by atoms with van der Waals surface area (Å²) in [5, 5.41) is 4.27. The molecule has 0 aromatic heterocycles. The van der Waals surface area contributed by atoms with E-state index >= 15 is 0 Å². The Morgan fingerprint density at radius 3 is 2.41 bits per heavy atom. The molecule has 22 heavy (non-hydrogen) atoms. The summed E-state index contributed by atoms with van der Waals surface area (Å²) < 4.78 is 11.0. The number of rotatable bonds is 2. The molecule has 2 fully saturated rings. The summed E-state index contributed by atoms with van der Waals surface area (Å²) >= 11 is 0. The monoisotopic (exact) mass is 310 g/mol. The molecule has 2 unspecified atom stereocenters. The van der Waals surface area contributed by atoms with Crippen molar-refractivity contribution in [3.63, 3.8) is 0 Å². The fourth-order valence-electron chi connectivity index (χ4n) is 3.70. The number of carbonyl (C=O) groups excluding carboxylic acids is 1. The lowest BCUT2D eigenvalue weighted by molar-refractivity contribution is -0.0617. The van der Waals surface area contributed by atoms with Crippen LogP contribution in [0.25, 0.3) is 0 Å². The van der Waals surface area contributed by atoms with E-state index < -0.39 is 11.2 Å². The minimum atomic E-state index is -0.447. The molecule has 3 rings (SSSR count). The van der Waals surface area contributed by atoms with Gasteiger partial charge >= 0.3 is 6.09 Å². The van der Waals surface area contributed by atoms with Crippen molar-refractivity contribution in [1.82, 2.24) is 4.90 Å². The largest absolute Gasteiger partial charge is 0.444 e. The minimum absolute atomic E-state index is 0.0990. The van der Waals surface area contributed by atoms with Crippen LogP contribution in [0.15, 0.2) is 5.16 Å². The molecule has 0 aromatic carbocycles. The second kappa shape index (κ2) is 4.85. The first kappa shape index (κ1) is 15.6. The van der Waals surface area contributed by atoms with Gasteiger partial charge in [0.2, 0.25) is 0 Å². The molecule has 2 heterocycles. The Hall–Kier alpha value is -1.30. The van der Waals surface area contributed by atoms with Crippen LogP contribution in [-0.2, 0) is 14.3 Å². The lowest BCUT2D eigenvalue weighted by Crippen LogP contribution is -2.42. The van der Waals surface area contributed by atoms with Crippen LogP contribution < -0.4 is 0 Å². The summed E-state index contributed by atoms with van der Waals surface area (Å²) in [6.45, 7) is 11.1. The number of ether oxygens (including phenoxy) is 2. The molecule has 0 aromatic rings. The van der Waals surface area contributed by atoms with E-state index in [1.807, 2.05) is 34.6 Å². The highest BCUT2D eigenvalue weighted by Crippen LogP contribution is 2.55. The van der Waals surface area contributed by atoms with Crippen molar-refractivity contribution in [2.24, 2.45) is 22.9 Å². The number of hydrogen-bond donors (Lipinski definition) is 0. The van der Waals surface area contributed by atoms with E-state index in [0.717, 1.165) is 18.8 Å². The zero-order chi connectivity index (χ0) is 16.3. The highest BCUT2D eigenvalue weighted by Gasteiger charge is 2.63. The number of methoxy groups -OCH3 is 1. The quantitative estimate of drug-likeness (QED) is 0.785. The lowest BCUT2D eigenvalue weighted by Gasteiger charge is -2.27. The zero-order valence-corrected chi connectivity index (χ0v) is 14.3. The van der Waals surface area contributed by atoms with E-state index in [4.69, 9.17) is 14.3 Å². The molecule has 0 radical (unpaired) electrons. The van der Waals surface area contributed by atoms with Crippen molar-refractivity contribution in [3.05, 3.63) is 0 Å². The van der Waals surface area contributed by atoms with Crippen LogP contribution in [0.1, 0.15) is 34.6 Å². The third kappa shape index (κ3) is 2.57. The average Bonchev–Trinajstić information content (AvgIpc) is 2.76. The normalized spacial score (nSPS) is 35.7. The van der Waals surface area contributed by atoms with Gasteiger partial charge < -0.3 is 19.2 Å². The lowest BCUT2D eigenvalue weighted by atomic mass is 9.94. The van der Waals surface area contributed by atoms with Crippen molar-refractivity contribution < 1.29 is 19.1 Å². The smallest absolute Gasteiger partial charge is 0.410 e. The van der Waals surface area contributed by atoms with E-state index in [9.17, 15) is 4.79 Å². The second-order valence-electron chi connectivity index (χ2n) is 8.07. The van der Waals surface area contributed by atoms with E-state index in [2.05, 4.69) is 5.16 Å². The molecular weight excluding hydrogens is 284 g/mol. The van der Waals surface area contributed by atoms with Gasteiger partial charge in [-0.1, -0.05) is 5.16 Å². The standard InChI is InChI=1S/C16H26N2O4/c1-15(2,3)21-14(19)18-7-9-10(8-18)11(9)12-13(20-6)16(4,5)22-17-12/h9-11,13H,7-8H2,1-6H3/t9-,10+,11?,13?. The Morgan fingerprint density at radius 1 is 1.32 bits per heavy atom. The number of carbonyl (C=O) groups is 1. The van der Waals surface area contributed by atoms with Crippen LogP contribution in [0.3, 0.4) is 0 Å². The van der Waals surface area contributed by atoms with Gasteiger partial charge in [0.05, 0.1) is 5.71 Å². The molecule has 6 heteroatoms. The van der Waals surface area contributed by atoms with Crippen molar-refractivity contribution in [3.8, 4) is 0 Å². The van der Waals surface area contributed by atoms with Gasteiger partial charge in [0.25, 0.3) is 0 Å².